The Labute approximate surface area is 98.6 Å². The predicted octanol–water partition coefficient (Wildman–Crippen LogP) is 3.20. The molecular weight excluding hydrogens is 210 g/mol. The minimum absolute atomic E-state index is 0.0205. The molecule has 0 fully saturated rings. The molecule has 0 aliphatic carbocycles. The van der Waals surface area contributed by atoms with Crippen molar-refractivity contribution in [1.82, 2.24) is 4.98 Å². The van der Waals surface area contributed by atoms with Gasteiger partial charge in [-0.2, -0.15) is 0 Å². The molecule has 0 unspecified atom stereocenters. The second-order valence-electron chi connectivity index (χ2n) is 3.94. The van der Waals surface area contributed by atoms with Crippen LogP contribution < -0.4 is 5.43 Å². The monoisotopic (exact) mass is 221 g/mol. The smallest absolute Gasteiger partial charge is 0.202 e. The van der Waals surface area contributed by atoms with Gasteiger partial charge in [-0.15, -0.1) is 0 Å². The summed E-state index contributed by atoms with van der Waals surface area (Å²) in [6.07, 6.45) is 1.89. The van der Waals surface area contributed by atoms with E-state index in [-0.39, 0.29) is 5.43 Å². The summed E-state index contributed by atoms with van der Waals surface area (Å²) >= 11 is 0. The Bertz CT molecular complexity index is 714. The third kappa shape index (κ3) is 1.64. The summed E-state index contributed by atoms with van der Waals surface area (Å²) < 4.78 is 0. The van der Waals surface area contributed by atoms with Gasteiger partial charge >= 0.3 is 0 Å². The van der Waals surface area contributed by atoms with Crippen molar-refractivity contribution in [3.05, 3.63) is 71.0 Å². The summed E-state index contributed by atoms with van der Waals surface area (Å²) in [5, 5.41) is 0.964. The van der Waals surface area contributed by atoms with E-state index in [9.17, 15) is 4.79 Å². The number of H-pyrrole nitrogens is 1. The normalized spacial score (nSPS) is 10.6. The number of rotatable bonds is 1. The van der Waals surface area contributed by atoms with Crippen LogP contribution in [0.3, 0.4) is 0 Å². The Balaban J connectivity index is 2.38. The highest BCUT2D eigenvalue weighted by Crippen LogP contribution is 2.26. The average Bonchev–Trinajstić information content (AvgIpc) is 2.71. The maximum Gasteiger partial charge on any atom is 0.202 e. The van der Waals surface area contributed by atoms with Crippen molar-refractivity contribution >= 4 is 10.9 Å². The third-order valence-corrected chi connectivity index (χ3v) is 2.87. The van der Waals surface area contributed by atoms with Gasteiger partial charge in [0.25, 0.3) is 0 Å². The zero-order valence-electron chi connectivity index (χ0n) is 9.18. The zero-order chi connectivity index (χ0) is 11.7. The lowest BCUT2D eigenvalue weighted by atomic mass is 10.1. The van der Waals surface area contributed by atoms with Crippen LogP contribution in [0.15, 0.2) is 65.6 Å². The largest absolute Gasteiger partial charge is 0.357 e. The van der Waals surface area contributed by atoms with Crippen molar-refractivity contribution in [3.63, 3.8) is 0 Å². The highest BCUT2D eigenvalue weighted by molar-refractivity contribution is 5.94. The van der Waals surface area contributed by atoms with Crippen LogP contribution in [0.1, 0.15) is 0 Å². The average molecular weight is 221 g/mol. The molecule has 0 aliphatic rings. The third-order valence-electron chi connectivity index (χ3n) is 2.87. The van der Waals surface area contributed by atoms with Gasteiger partial charge in [0.2, 0.25) is 5.43 Å². The second-order valence-corrected chi connectivity index (χ2v) is 3.94. The van der Waals surface area contributed by atoms with Crippen LogP contribution in [0.25, 0.3) is 22.0 Å². The molecule has 0 spiro atoms. The molecule has 0 bridgehead atoms. The fraction of sp³-hybridized carbons (Fsp3) is 0. The predicted molar refractivity (Wildman–Crippen MR) is 70.0 cm³/mol. The molecule has 1 N–H and O–H groups in total. The minimum atomic E-state index is 0.0205. The molecule has 2 heteroatoms. The van der Waals surface area contributed by atoms with Crippen LogP contribution in [-0.2, 0) is 0 Å². The van der Waals surface area contributed by atoms with Crippen LogP contribution in [-0.4, -0.2) is 4.98 Å². The number of benzene rings is 1. The first-order chi connectivity index (χ1) is 8.36. The van der Waals surface area contributed by atoms with Gasteiger partial charge in [0.1, 0.15) is 0 Å². The quantitative estimate of drug-likeness (QED) is 0.672. The van der Waals surface area contributed by atoms with Crippen molar-refractivity contribution < 1.29 is 0 Å². The molecule has 0 radical (unpaired) electrons. The number of hydrogen-bond donors (Lipinski definition) is 1. The first kappa shape index (κ1) is 9.85. The number of aromatic nitrogens is 1. The lowest BCUT2D eigenvalue weighted by Gasteiger charge is -1.96. The Morgan fingerprint density at radius 3 is 2.35 bits per heavy atom. The van der Waals surface area contributed by atoms with Crippen LogP contribution in [0.4, 0.5) is 0 Å². The molecule has 17 heavy (non-hydrogen) atoms. The summed E-state index contributed by atoms with van der Waals surface area (Å²) in [7, 11) is 0. The summed E-state index contributed by atoms with van der Waals surface area (Å²) in [6, 6.07) is 17.3. The maximum atomic E-state index is 11.8. The molecule has 0 aliphatic heterocycles. The van der Waals surface area contributed by atoms with Crippen molar-refractivity contribution in [2.75, 3.05) is 0 Å². The van der Waals surface area contributed by atoms with E-state index in [0.29, 0.717) is 5.52 Å². The van der Waals surface area contributed by atoms with E-state index in [0.717, 1.165) is 16.5 Å². The first-order valence-electron chi connectivity index (χ1n) is 5.52. The van der Waals surface area contributed by atoms with Gasteiger partial charge in [0, 0.05) is 17.1 Å². The number of aromatic amines is 1. The van der Waals surface area contributed by atoms with Crippen molar-refractivity contribution in [3.8, 4) is 11.1 Å². The van der Waals surface area contributed by atoms with Crippen LogP contribution >= 0.6 is 0 Å². The molecule has 1 aromatic heterocycles. The Morgan fingerprint density at radius 1 is 0.824 bits per heavy atom. The molecule has 3 rings (SSSR count). The van der Waals surface area contributed by atoms with E-state index in [2.05, 4.69) is 4.98 Å². The van der Waals surface area contributed by atoms with Gasteiger partial charge in [0.05, 0.1) is 5.52 Å². The maximum absolute atomic E-state index is 11.8. The van der Waals surface area contributed by atoms with E-state index in [1.165, 1.54) is 0 Å². The van der Waals surface area contributed by atoms with Gasteiger partial charge in [-0.05, 0) is 11.6 Å². The van der Waals surface area contributed by atoms with Crippen molar-refractivity contribution in [2.24, 2.45) is 0 Å². The summed E-state index contributed by atoms with van der Waals surface area (Å²) in [5.41, 5.74) is 2.86. The van der Waals surface area contributed by atoms with Gasteiger partial charge in [-0.1, -0.05) is 48.5 Å². The molecule has 0 atom stereocenters. The lowest BCUT2D eigenvalue weighted by molar-refractivity contribution is 1.45. The van der Waals surface area contributed by atoms with Gasteiger partial charge in [-0.3, -0.25) is 4.79 Å². The van der Waals surface area contributed by atoms with Crippen LogP contribution in [0.5, 0.6) is 0 Å². The van der Waals surface area contributed by atoms with Gasteiger partial charge in [-0.25, -0.2) is 0 Å². The van der Waals surface area contributed by atoms with E-state index in [1.807, 2.05) is 48.7 Å². The molecular formula is C15H11NO. The number of nitrogens with one attached hydrogen (secondary N) is 1. The Kier molecular flexibility index (Phi) is 2.26. The molecule has 0 saturated heterocycles. The summed E-state index contributed by atoms with van der Waals surface area (Å²) in [4.78, 5) is 14.9. The standard InChI is InChI=1S/C15H11NO/c17-14-9-5-4-8-12-13(10-16-15(12)14)11-6-2-1-3-7-11/h1-10,16H. The molecule has 2 aromatic carbocycles. The van der Waals surface area contributed by atoms with Gasteiger partial charge < -0.3 is 4.98 Å². The van der Waals surface area contributed by atoms with E-state index >= 15 is 0 Å². The molecule has 3 aromatic rings. The fourth-order valence-electron chi connectivity index (χ4n) is 2.05. The van der Waals surface area contributed by atoms with Crippen molar-refractivity contribution in [1.29, 1.82) is 0 Å². The highest BCUT2D eigenvalue weighted by Gasteiger charge is 2.05. The lowest BCUT2D eigenvalue weighted by Crippen LogP contribution is -1.93. The Hall–Kier alpha value is -2.35. The minimum Gasteiger partial charge on any atom is -0.357 e. The number of fused-ring (bicyclic) bond motifs is 1. The molecule has 0 saturated carbocycles. The first-order valence-corrected chi connectivity index (χ1v) is 5.52. The van der Waals surface area contributed by atoms with E-state index < -0.39 is 0 Å². The SMILES string of the molecule is O=c1ccccc2c(-c3ccccc3)c[nH]c12. The zero-order valence-corrected chi connectivity index (χ0v) is 9.18. The highest BCUT2D eigenvalue weighted by atomic mass is 16.1. The fourth-order valence-corrected chi connectivity index (χ4v) is 2.05. The summed E-state index contributed by atoms with van der Waals surface area (Å²) in [5.74, 6) is 0. The summed E-state index contributed by atoms with van der Waals surface area (Å²) in [6.45, 7) is 0. The molecule has 82 valence electrons. The molecule has 2 nitrogen and oxygen atoms in total. The molecule has 0 amide bonds. The number of hydrogen-bond acceptors (Lipinski definition) is 1. The van der Waals surface area contributed by atoms with Gasteiger partial charge in [0.15, 0.2) is 0 Å². The molecule has 1 heterocycles. The second kappa shape index (κ2) is 3.91. The van der Waals surface area contributed by atoms with Crippen LogP contribution in [0, 0.1) is 0 Å². The Morgan fingerprint density at radius 2 is 1.53 bits per heavy atom. The van der Waals surface area contributed by atoms with E-state index in [4.69, 9.17) is 0 Å². The van der Waals surface area contributed by atoms with Crippen molar-refractivity contribution in [2.45, 2.75) is 0 Å². The topological polar surface area (TPSA) is 32.9 Å². The van der Waals surface area contributed by atoms with Crippen LogP contribution in [0.2, 0.25) is 0 Å². The van der Waals surface area contributed by atoms with E-state index in [1.54, 1.807) is 12.1 Å².